The van der Waals surface area contributed by atoms with Crippen molar-refractivity contribution < 1.29 is 32.3 Å². The maximum Gasteiger partial charge on any atom is 0.418 e. The van der Waals surface area contributed by atoms with Crippen molar-refractivity contribution in [3.63, 3.8) is 0 Å². The van der Waals surface area contributed by atoms with E-state index in [1.165, 1.54) is 6.07 Å². The minimum atomic E-state index is -4.74. The highest BCUT2D eigenvalue weighted by Gasteiger charge is 2.35. The van der Waals surface area contributed by atoms with Crippen LogP contribution in [0.3, 0.4) is 0 Å². The second kappa shape index (κ2) is 8.19. The standard InChI is InChI=1S/C20H14ClF3N2O4/c1-11-12-5-2-3-6-13(12)19(29)26(11)9-17(28)30-10-16(27)25-18-14(20(22,23)24)7-4-8-15(18)21/h2-8H,1,9-10H2,(H,25,27). The number of anilines is 1. The molecule has 2 amide bonds. The van der Waals surface area contributed by atoms with Crippen LogP contribution in [-0.4, -0.2) is 35.8 Å². The van der Waals surface area contributed by atoms with Crippen LogP contribution in [-0.2, 0) is 20.5 Å². The first-order valence-corrected chi connectivity index (χ1v) is 8.88. The Bertz CT molecular complexity index is 1020. The van der Waals surface area contributed by atoms with Crippen LogP contribution >= 0.6 is 11.6 Å². The van der Waals surface area contributed by atoms with E-state index in [1.54, 1.807) is 24.3 Å². The number of esters is 1. The minimum absolute atomic E-state index is 0.308. The average Bonchev–Trinajstić information content (AvgIpc) is 2.92. The van der Waals surface area contributed by atoms with Crippen molar-refractivity contribution in [2.45, 2.75) is 6.18 Å². The number of halogens is 4. The molecule has 0 saturated carbocycles. The molecule has 1 aliphatic heterocycles. The van der Waals surface area contributed by atoms with Gasteiger partial charge in [-0.3, -0.25) is 19.3 Å². The van der Waals surface area contributed by atoms with E-state index in [4.69, 9.17) is 16.3 Å². The van der Waals surface area contributed by atoms with Gasteiger partial charge in [0.1, 0.15) is 6.54 Å². The van der Waals surface area contributed by atoms with Gasteiger partial charge >= 0.3 is 12.1 Å². The van der Waals surface area contributed by atoms with E-state index in [2.05, 4.69) is 6.58 Å². The van der Waals surface area contributed by atoms with Crippen LogP contribution in [0.25, 0.3) is 5.70 Å². The van der Waals surface area contributed by atoms with Gasteiger partial charge < -0.3 is 10.1 Å². The lowest BCUT2D eigenvalue weighted by atomic mass is 10.1. The summed E-state index contributed by atoms with van der Waals surface area (Å²) < 4.78 is 44.0. The molecule has 1 heterocycles. The number of alkyl halides is 3. The number of nitrogens with zero attached hydrogens (tertiary/aromatic N) is 1. The molecule has 1 N–H and O–H groups in total. The summed E-state index contributed by atoms with van der Waals surface area (Å²) in [5.74, 6) is -2.39. The normalized spacial score (nSPS) is 13.3. The fourth-order valence-corrected chi connectivity index (χ4v) is 3.11. The quantitative estimate of drug-likeness (QED) is 0.717. The maximum absolute atomic E-state index is 13.1. The lowest BCUT2D eigenvalue weighted by molar-refractivity contribution is -0.147. The van der Waals surface area contributed by atoms with Gasteiger partial charge in [-0.25, -0.2) is 0 Å². The van der Waals surface area contributed by atoms with Gasteiger partial charge in [0.05, 0.1) is 16.3 Å². The van der Waals surface area contributed by atoms with Gasteiger partial charge in [-0.15, -0.1) is 0 Å². The average molecular weight is 439 g/mol. The number of hydrogen-bond acceptors (Lipinski definition) is 4. The molecular formula is C20H14ClF3N2O4. The molecule has 0 unspecified atom stereocenters. The smallest absolute Gasteiger partial charge is 0.418 e. The molecule has 1 aliphatic rings. The zero-order valence-electron chi connectivity index (χ0n) is 15.3. The van der Waals surface area contributed by atoms with Crippen molar-refractivity contribution in [3.8, 4) is 0 Å². The number of hydrogen-bond donors (Lipinski definition) is 1. The van der Waals surface area contributed by atoms with Crippen LogP contribution in [0.2, 0.25) is 5.02 Å². The lowest BCUT2D eigenvalue weighted by Crippen LogP contribution is -2.32. The number of carbonyl (C=O) groups is 3. The summed E-state index contributed by atoms with van der Waals surface area (Å²) in [7, 11) is 0. The van der Waals surface area contributed by atoms with E-state index in [9.17, 15) is 27.6 Å². The molecule has 2 aromatic carbocycles. The lowest BCUT2D eigenvalue weighted by Gasteiger charge is -2.17. The van der Waals surface area contributed by atoms with E-state index in [1.807, 2.05) is 5.32 Å². The Kier molecular flexibility index (Phi) is 5.84. The topological polar surface area (TPSA) is 75.7 Å². The molecule has 156 valence electrons. The highest BCUT2D eigenvalue weighted by Crippen LogP contribution is 2.38. The Balaban J connectivity index is 1.60. The minimum Gasteiger partial charge on any atom is -0.454 e. The van der Waals surface area contributed by atoms with Crippen LogP contribution in [0.4, 0.5) is 18.9 Å². The molecule has 30 heavy (non-hydrogen) atoms. The van der Waals surface area contributed by atoms with E-state index in [-0.39, 0.29) is 5.02 Å². The molecule has 6 nitrogen and oxygen atoms in total. The summed E-state index contributed by atoms with van der Waals surface area (Å²) in [6.45, 7) is 2.41. The first-order valence-electron chi connectivity index (χ1n) is 8.51. The summed E-state index contributed by atoms with van der Waals surface area (Å²) in [6, 6.07) is 9.68. The van der Waals surface area contributed by atoms with Gasteiger partial charge in [0.2, 0.25) is 0 Å². The molecule has 3 rings (SSSR count). The van der Waals surface area contributed by atoms with E-state index in [0.29, 0.717) is 16.8 Å². The van der Waals surface area contributed by atoms with E-state index in [0.717, 1.165) is 17.0 Å². The third-order valence-electron chi connectivity index (χ3n) is 4.27. The Morgan fingerprint density at radius 3 is 2.40 bits per heavy atom. The van der Waals surface area contributed by atoms with Crippen molar-refractivity contribution in [1.29, 1.82) is 0 Å². The molecule has 0 atom stereocenters. The van der Waals surface area contributed by atoms with Crippen molar-refractivity contribution >= 4 is 40.8 Å². The molecule has 0 fully saturated rings. The summed E-state index contributed by atoms with van der Waals surface area (Å²) in [6.07, 6.45) is -4.74. The molecule has 0 radical (unpaired) electrons. The Morgan fingerprint density at radius 1 is 1.10 bits per heavy atom. The van der Waals surface area contributed by atoms with Crippen molar-refractivity contribution in [1.82, 2.24) is 4.90 Å². The zero-order valence-corrected chi connectivity index (χ0v) is 16.0. The second-order valence-corrected chi connectivity index (χ2v) is 6.66. The zero-order chi connectivity index (χ0) is 22.1. The van der Waals surface area contributed by atoms with Gasteiger partial charge in [-0.1, -0.05) is 42.4 Å². The third-order valence-corrected chi connectivity index (χ3v) is 4.59. The van der Waals surface area contributed by atoms with E-state index < -0.39 is 48.4 Å². The number of nitrogens with one attached hydrogen (secondary N) is 1. The molecule has 0 spiro atoms. The molecule has 10 heteroatoms. The van der Waals surface area contributed by atoms with Gasteiger partial charge in [0, 0.05) is 16.8 Å². The largest absolute Gasteiger partial charge is 0.454 e. The summed E-state index contributed by atoms with van der Waals surface area (Å²) in [5.41, 5.74) is -0.501. The highest BCUT2D eigenvalue weighted by atomic mass is 35.5. The van der Waals surface area contributed by atoms with Crippen LogP contribution in [0.5, 0.6) is 0 Å². The van der Waals surface area contributed by atoms with Crippen LogP contribution < -0.4 is 5.32 Å². The van der Waals surface area contributed by atoms with Crippen molar-refractivity contribution in [2.75, 3.05) is 18.5 Å². The molecule has 0 aromatic heterocycles. The third kappa shape index (κ3) is 4.30. The summed E-state index contributed by atoms with van der Waals surface area (Å²) >= 11 is 5.76. The first-order chi connectivity index (χ1) is 14.1. The number of amides is 2. The molecule has 2 aromatic rings. The molecule has 0 bridgehead atoms. The summed E-state index contributed by atoms with van der Waals surface area (Å²) in [5, 5.41) is 1.68. The molecular weight excluding hydrogens is 425 g/mol. The molecule has 0 saturated heterocycles. The number of fused-ring (bicyclic) bond motifs is 1. The van der Waals surface area contributed by atoms with Crippen molar-refractivity contribution in [2.24, 2.45) is 0 Å². The predicted molar refractivity (Wildman–Crippen MR) is 103 cm³/mol. The molecule has 0 aliphatic carbocycles. The fraction of sp³-hybridized carbons (Fsp3) is 0.150. The Morgan fingerprint density at radius 2 is 1.77 bits per heavy atom. The number of ether oxygens (including phenoxy) is 1. The Hall–Kier alpha value is -3.33. The Labute approximate surface area is 173 Å². The number of rotatable bonds is 5. The van der Waals surface area contributed by atoms with Gasteiger partial charge in [0.25, 0.3) is 11.8 Å². The van der Waals surface area contributed by atoms with Gasteiger partial charge in [-0.05, 0) is 18.2 Å². The first kappa shape index (κ1) is 21.4. The van der Waals surface area contributed by atoms with Crippen LogP contribution in [0.15, 0.2) is 49.0 Å². The van der Waals surface area contributed by atoms with E-state index >= 15 is 0 Å². The number of benzene rings is 2. The monoisotopic (exact) mass is 438 g/mol. The van der Waals surface area contributed by atoms with Gasteiger partial charge in [-0.2, -0.15) is 13.2 Å². The van der Waals surface area contributed by atoms with Gasteiger partial charge in [0.15, 0.2) is 6.61 Å². The second-order valence-electron chi connectivity index (χ2n) is 6.25. The fourth-order valence-electron chi connectivity index (χ4n) is 2.89. The predicted octanol–water partition coefficient (Wildman–Crippen LogP) is 3.97. The van der Waals surface area contributed by atoms with Crippen LogP contribution in [0.1, 0.15) is 21.5 Å². The summed E-state index contributed by atoms with van der Waals surface area (Å²) in [4.78, 5) is 37.5. The number of para-hydroxylation sites is 1. The highest BCUT2D eigenvalue weighted by molar-refractivity contribution is 6.34. The SMILES string of the molecule is C=C1c2ccccc2C(=O)N1CC(=O)OCC(=O)Nc1c(Cl)cccc1C(F)(F)F. The van der Waals surface area contributed by atoms with Crippen molar-refractivity contribution in [3.05, 3.63) is 70.8 Å². The van der Waals surface area contributed by atoms with Crippen LogP contribution in [0, 0.1) is 0 Å². The maximum atomic E-state index is 13.1. The number of carbonyl (C=O) groups excluding carboxylic acids is 3.